The molecule has 0 rings (SSSR count). The van der Waals surface area contributed by atoms with Crippen LogP contribution in [0.1, 0.15) is 19.8 Å². The molecule has 0 aliphatic heterocycles. The predicted octanol–water partition coefficient (Wildman–Crippen LogP) is 0.844. The Kier molecular flexibility index (Phi) is 5.99. The molecule has 0 spiro atoms. The fourth-order valence-electron chi connectivity index (χ4n) is 0.607. The lowest BCUT2D eigenvalue weighted by Crippen LogP contribution is -2.51. The second kappa shape index (κ2) is 6.44. The van der Waals surface area contributed by atoms with Crippen LogP contribution in [0.25, 0.3) is 0 Å². The van der Waals surface area contributed by atoms with Crippen molar-refractivity contribution in [1.29, 1.82) is 0 Å². The molecule has 8 heteroatoms. The number of nitrogens with one attached hydrogen (secondary N) is 3. The van der Waals surface area contributed by atoms with Gasteiger partial charge in [0.15, 0.2) is 5.11 Å². The van der Waals surface area contributed by atoms with Gasteiger partial charge < -0.3 is 5.32 Å². The van der Waals surface area contributed by atoms with Crippen LogP contribution >= 0.6 is 12.2 Å². The third-order valence-electron chi connectivity index (χ3n) is 1.36. The van der Waals surface area contributed by atoms with E-state index in [2.05, 4.69) is 17.5 Å². The maximum atomic E-state index is 11.7. The van der Waals surface area contributed by atoms with Gasteiger partial charge in [-0.25, -0.2) is 0 Å². The monoisotopic (exact) mass is 243 g/mol. The number of carbonyl (C=O) groups excluding carboxylic acids is 1. The van der Waals surface area contributed by atoms with Crippen LogP contribution in [0.5, 0.6) is 0 Å². The molecule has 0 saturated carbocycles. The first-order valence-electron chi connectivity index (χ1n) is 4.29. The highest BCUT2D eigenvalue weighted by molar-refractivity contribution is 7.80. The molecule has 0 aliphatic carbocycles. The first-order valence-corrected chi connectivity index (χ1v) is 4.69. The molecule has 0 aromatic carbocycles. The summed E-state index contributed by atoms with van der Waals surface area (Å²) in [7, 11) is 0. The summed E-state index contributed by atoms with van der Waals surface area (Å²) in [6.45, 7) is 2.51. The van der Waals surface area contributed by atoms with E-state index in [-0.39, 0.29) is 5.11 Å². The van der Waals surface area contributed by atoms with Crippen molar-refractivity contribution >= 4 is 23.2 Å². The lowest BCUT2D eigenvalue weighted by Gasteiger charge is -2.12. The summed E-state index contributed by atoms with van der Waals surface area (Å²) < 4.78 is 35.1. The van der Waals surface area contributed by atoms with Crippen molar-refractivity contribution in [3.8, 4) is 0 Å². The van der Waals surface area contributed by atoms with Gasteiger partial charge in [-0.15, -0.1) is 0 Å². The second-order valence-corrected chi connectivity index (χ2v) is 3.09. The van der Waals surface area contributed by atoms with Gasteiger partial charge in [-0.2, -0.15) is 13.2 Å². The average molecular weight is 243 g/mol. The molecule has 0 radical (unpaired) electrons. The summed E-state index contributed by atoms with van der Waals surface area (Å²) in [5, 5.41) is 2.59. The topological polar surface area (TPSA) is 53.2 Å². The van der Waals surface area contributed by atoms with Crippen LogP contribution < -0.4 is 16.2 Å². The summed E-state index contributed by atoms with van der Waals surface area (Å²) in [6, 6.07) is 0. The SMILES string of the molecule is CCCCNC(=S)NNC(=O)C(F)(F)F. The Labute approximate surface area is 90.6 Å². The van der Waals surface area contributed by atoms with Crippen molar-refractivity contribution in [2.45, 2.75) is 25.9 Å². The Morgan fingerprint density at radius 2 is 1.93 bits per heavy atom. The van der Waals surface area contributed by atoms with Gasteiger partial charge in [-0.3, -0.25) is 15.6 Å². The van der Waals surface area contributed by atoms with E-state index in [0.29, 0.717) is 6.54 Å². The fourth-order valence-corrected chi connectivity index (χ4v) is 0.760. The Morgan fingerprint density at radius 1 is 1.33 bits per heavy atom. The van der Waals surface area contributed by atoms with Crippen LogP contribution in [-0.2, 0) is 4.79 Å². The number of hydrogen-bond donors (Lipinski definition) is 3. The van der Waals surface area contributed by atoms with Gasteiger partial charge >= 0.3 is 12.1 Å². The third kappa shape index (κ3) is 6.95. The molecule has 0 aliphatic rings. The second-order valence-electron chi connectivity index (χ2n) is 2.69. The maximum absolute atomic E-state index is 11.7. The Bertz CT molecular complexity index is 232. The Morgan fingerprint density at radius 3 is 2.40 bits per heavy atom. The van der Waals surface area contributed by atoms with Gasteiger partial charge in [0.25, 0.3) is 0 Å². The summed E-state index contributed by atoms with van der Waals surface area (Å²) in [4.78, 5) is 10.3. The summed E-state index contributed by atoms with van der Waals surface area (Å²) >= 11 is 4.60. The molecular formula is C7H12F3N3OS. The standard InChI is InChI=1S/C7H12F3N3OS/c1-2-3-4-11-6(15)13-12-5(14)7(8,9)10/h2-4H2,1H3,(H,12,14)(H2,11,13,15). The summed E-state index contributed by atoms with van der Waals surface area (Å²) in [5.74, 6) is -2.08. The highest BCUT2D eigenvalue weighted by Gasteiger charge is 2.38. The third-order valence-corrected chi connectivity index (χ3v) is 1.61. The Balaban J connectivity index is 3.67. The number of alkyl halides is 3. The van der Waals surface area contributed by atoms with Gasteiger partial charge in [-0.05, 0) is 18.6 Å². The molecule has 1 amide bonds. The molecule has 0 heterocycles. The minimum absolute atomic E-state index is 0.0407. The molecule has 0 aromatic rings. The fraction of sp³-hybridized carbons (Fsp3) is 0.714. The van der Waals surface area contributed by atoms with Crippen LogP contribution in [0.2, 0.25) is 0 Å². The van der Waals surface area contributed by atoms with E-state index in [1.807, 2.05) is 12.3 Å². The number of thiocarbonyl (C=S) groups is 1. The minimum atomic E-state index is -4.91. The maximum Gasteiger partial charge on any atom is 0.472 e. The van der Waals surface area contributed by atoms with Gasteiger partial charge in [0.05, 0.1) is 0 Å². The molecule has 0 aromatic heterocycles. The lowest BCUT2D eigenvalue weighted by molar-refractivity contribution is -0.174. The van der Waals surface area contributed by atoms with Crippen LogP contribution in [-0.4, -0.2) is 23.7 Å². The molecule has 3 N–H and O–H groups in total. The molecule has 0 unspecified atom stereocenters. The highest BCUT2D eigenvalue weighted by Crippen LogP contribution is 2.13. The minimum Gasteiger partial charge on any atom is -0.361 e. The quantitative estimate of drug-likeness (QED) is 0.391. The van der Waals surface area contributed by atoms with Crippen molar-refractivity contribution < 1.29 is 18.0 Å². The van der Waals surface area contributed by atoms with Crippen LogP contribution in [0.15, 0.2) is 0 Å². The first kappa shape index (κ1) is 13.9. The number of rotatable bonds is 3. The van der Waals surface area contributed by atoms with E-state index in [1.165, 1.54) is 5.43 Å². The van der Waals surface area contributed by atoms with E-state index in [4.69, 9.17) is 0 Å². The largest absolute Gasteiger partial charge is 0.472 e. The molecule has 0 atom stereocenters. The molecule has 0 saturated heterocycles. The molecular weight excluding hydrogens is 231 g/mol. The van der Waals surface area contributed by atoms with Crippen LogP contribution in [0.3, 0.4) is 0 Å². The van der Waals surface area contributed by atoms with Crippen molar-refractivity contribution in [3.63, 3.8) is 0 Å². The zero-order valence-corrected chi connectivity index (χ0v) is 8.89. The van der Waals surface area contributed by atoms with Crippen molar-refractivity contribution in [2.75, 3.05) is 6.54 Å². The van der Waals surface area contributed by atoms with Gasteiger partial charge in [0.2, 0.25) is 0 Å². The van der Waals surface area contributed by atoms with E-state index in [9.17, 15) is 18.0 Å². The number of amides is 1. The Hall–Kier alpha value is -1.05. The number of halogens is 3. The smallest absolute Gasteiger partial charge is 0.361 e. The zero-order chi connectivity index (χ0) is 11.9. The number of unbranched alkanes of at least 4 members (excludes halogenated alkanes) is 1. The first-order chi connectivity index (χ1) is 6.88. The normalized spacial score (nSPS) is 10.7. The van der Waals surface area contributed by atoms with E-state index in [1.54, 1.807) is 0 Å². The average Bonchev–Trinajstić information content (AvgIpc) is 2.13. The molecule has 15 heavy (non-hydrogen) atoms. The van der Waals surface area contributed by atoms with Crippen LogP contribution in [0, 0.1) is 0 Å². The molecule has 88 valence electrons. The number of hydrogen-bond acceptors (Lipinski definition) is 2. The summed E-state index contributed by atoms with van der Waals surface area (Å²) in [6.07, 6.45) is -3.13. The van der Waals surface area contributed by atoms with Crippen molar-refractivity contribution in [3.05, 3.63) is 0 Å². The zero-order valence-electron chi connectivity index (χ0n) is 8.07. The molecule has 0 bridgehead atoms. The van der Waals surface area contributed by atoms with Crippen LogP contribution in [0.4, 0.5) is 13.2 Å². The highest BCUT2D eigenvalue weighted by atomic mass is 32.1. The van der Waals surface area contributed by atoms with Crippen molar-refractivity contribution in [1.82, 2.24) is 16.2 Å². The van der Waals surface area contributed by atoms with E-state index < -0.39 is 12.1 Å². The summed E-state index contributed by atoms with van der Waals surface area (Å²) in [5.41, 5.74) is 3.38. The van der Waals surface area contributed by atoms with E-state index >= 15 is 0 Å². The lowest BCUT2D eigenvalue weighted by atomic mass is 10.3. The van der Waals surface area contributed by atoms with E-state index in [0.717, 1.165) is 12.8 Å². The molecule has 0 fully saturated rings. The molecule has 4 nitrogen and oxygen atoms in total. The van der Waals surface area contributed by atoms with Gasteiger partial charge in [0.1, 0.15) is 0 Å². The van der Waals surface area contributed by atoms with Crippen molar-refractivity contribution in [2.24, 2.45) is 0 Å². The number of hydrazine groups is 1. The predicted molar refractivity (Wildman–Crippen MR) is 52.8 cm³/mol. The van der Waals surface area contributed by atoms with Gasteiger partial charge in [0, 0.05) is 6.54 Å². The van der Waals surface area contributed by atoms with Gasteiger partial charge in [-0.1, -0.05) is 13.3 Å². The number of carbonyl (C=O) groups is 1.